The highest BCUT2D eigenvalue weighted by Crippen LogP contribution is 2.34. The molecule has 1 aliphatic rings. The first kappa shape index (κ1) is 21.1. The Morgan fingerprint density at radius 2 is 1.72 bits per heavy atom. The largest absolute Gasteiger partial charge is 0.457 e. The van der Waals surface area contributed by atoms with E-state index in [9.17, 15) is 10.1 Å². The third-order valence-electron chi connectivity index (χ3n) is 5.46. The summed E-state index contributed by atoms with van der Waals surface area (Å²) in [4.78, 5) is 13.2. The van der Waals surface area contributed by atoms with Gasteiger partial charge in [0.2, 0.25) is 0 Å². The molecule has 156 valence electrons. The van der Waals surface area contributed by atoms with Gasteiger partial charge in [0.1, 0.15) is 11.5 Å². The monoisotopic (exact) mass is 400 g/mol. The molecule has 0 radical (unpaired) electrons. The zero-order valence-corrected chi connectivity index (χ0v) is 17.2. The molecule has 0 unspecified atom stereocenters. The van der Waals surface area contributed by atoms with E-state index in [1.165, 1.54) is 52.4 Å². The summed E-state index contributed by atoms with van der Waals surface area (Å²) >= 11 is 0. The summed E-state index contributed by atoms with van der Waals surface area (Å²) in [6.07, 6.45) is 5.45. The van der Waals surface area contributed by atoms with E-state index in [0.29, 0.717) is 23.1 Å². The van der Waals surface area contributed by atoms with Crippen molar-refractivity contribution in [2.45, 2.75) is 44.4 Å². The van der Waals surface area contributed by atoms with Crippen molar-refractivity contribution in [3.63, 3.8) is 0 Å². The van der Waals surface area contributed by atoms with Crippen LogP contribution in [-0.2, 0) is 9.47 Å². The molecule has 0 aliphatic heterocycles. The third-order valence-corrected chi connectivity index (χ3v) is 5.46. The maximum atomic E-state index is 11.3. The first-order valence-corrected chi connectivity index (χ1v) is 9.88. The maximum absolute atomic E-state index is 11.3. The number of rotatable bonds is 8. The molecule has 2 aromatic carbocycles. The van der Waals surface area contributed by atoms with Crippen LogP contribution < -0.4 is 9.64 Å². The number of nitro benzene ring substituents is 1. The predicted molar refractivity (Wildman–Crippen MR) is 112 cm³/mol. The smallest absolute Gasteiger partial charge is 0.277 e. The second-order valence-electron chi connectivity index (χ2n) is 7.28. The maximum Gasteiger partial charge on any atom is 0.277 e. The molecule has 7 nitrogen and oxygen atoms in total. The summed E-state index contributed by atoms with van der Waals surface area (Å²) in [5, 5.41) is 11.3. The summed E-state index contributed by atoms with van der Waals surface area (Å²) in [5.41, 5.74) is 1.34. The highest BCUT2D eigenvalue weighted by Gasteiger charge is 2.23. The SMILES string of the molecule is COC(OC)c1cc(Oc2cccc(N(C)C3CCCCC3)c2)ccc1[N+](=O)[O-]. The van der Waals surface area contributed by atoms with Crippen molar-refractivity contribution in [2.24, 2.45) is 0 Å². The van der Waals surface area contributed by atoms with E-state index in [2.05, 4.69) is 18.0 Å². The van der Waals surface area contributed by atoms with Gasteiger partial charge in [0.25, 0.3) is 5.69 Å². The number of ether oxygens (including phenoxy) is 3. The van der Waals surface area contributed by atoms with Gasteiger partial charge in [0.05, 0.1) is 10.5 Å². The average Bonchev–Trinajstić information content (AvgIpc) is 2.75. The minimum atomic E-state index is -0.845. The summed E-state index contributed by atoms with van der Waals surface area (Å²) in [6, 6.07) is 13.1. The Morgan fingerprint density at radius 3 is 2.38 bits per heavy atom. The number of anilines is 1. The molecule has 0 amide bonds. The van der Waals surface area contributed by atoms with E-state index in [-0.39, 0.29) is 5.69 Å². The molecule has 0 aromatic heterocycles. The van der Waals surface area contributed by atoms with E-state index in [1.54, 1.807) is 12.1 Å². The Labute approximate surface area is 171 Å². The van der Waals surface area contributed by atoms with E-state index < -0.39 is 11.2 Å². The fourth-order valence-corrected chi connectivity index (χ4v) is 3.88. The van der Waals surface area contributed by atoms with Crippen LogP contribution in [0, 0.1) is 10.1 Å². The Balaban J connectivity index is 1.82. The van der Waals surface area contributed by atoms with Crippen molar-refractivity contribution in [3.05, 3.63) is 58.1 Å². The van der Waals surface area contributed by atoms with Gasteiger partial charge in [-0.25, -0.2) is 0 Å². The van der Waals surface area contributed by atoms with Gasteiger partial charge in [0, 0.05) is 45.1 Å². The summed E-state index contributed by atoms with van der Waals surface area (Å²) in [7, 11) is 5.01. The molecule has 0 atom stereocenters. The molecule has 7 heteroatoms. The van der Waals surface area contributed by atoms with Crippen LogP contribution in [0.1, 0.15) is 44.0 Å². The van der Waals surface area contributed by atoms with Crippen LogP contribution in [0.2, 0.25) is 0 Å². The topological polar surface area (TPSA) is 74.1 Å². The highest BCUT2D eigenvalue weighted by atomic mass is 16.7. The first-order chi connectivity index (χ1) is 14.0. The van der Waals surface area contributed by atoms with E-state index >= 15 is 0 Å². The molecule has 0 heterocycles. The lowest BCUT2D eigenvalue weighted by atomic mass is 9.94. The fourth-order valence-electron chi connectivity index (χ4n) is 3.88. The van der Waals surface area contributed by atoms with Crippen LogP contribution >= 0.6 is 0 Å². The number of nitro groups is 1. The summed E-state index contributed by atoms with van der Waals surface area (Å²) in [5.74, 6) is 1.17. The molecule has 0 N–H and O–H groups in total. The van der Waals surface area contributed by atoms with Crippen LogP contribution in [0.3, 0.4) is 0 Å². The molecular weight excluding hydrogens is 372 g/mol. The number of hydrogen-bond acceptors (Lipinski definition) is 6. The number of nitrogens with zero attached hydrogens (tertiary/aromatic N) is 2. The van der Waals surface area contributed by atoms with Crippen molar-refractivity contribution in [1.82, 2.24) is 0 Å². The van der Waals surface area contributed by atoms with Gasteiger partial charge in [-0.1, -0.05) is 25.3 Å². The van der Waals surface area contributed by atoms with E-state index in [0.717, 1.165) is 5.69 Å². The first-order valence-electron chi connectivity index (χ1n) is 9.88. The zero-order valence-electron chi connectivity index (χ0n) is 17.2. The fraction of sp³-hybridized carbons (Fsp3) is 0.455. The zero-order chi connectivity index (χ0) is 20.8. The van der Waals surface area contributed by atoms with Crippen molar-refractivity contribution >= 4 is 11.4 Å². The van der Waals surface area contributed by atoms with Crippen LogP contribution in [0.4, 0.5) is 11.4 Å². The summed E-state index contributed by atoms with van der Waals surface area (Å²) < 4.78 is 16.4. The predicted octanol–water partition coefficient (Wildman–Crippen LogP) is 5.45. The van der Waals surface area contributed by atoms with Gasteiger partial charge >= 0.3 is 0 Å². The van der Waals surface area contributed by atoms with Crippen molar-refractivity contribution < 1.29 is 19.1 Å². The Kier molecular flexibility index (Phi) is 7.06. The third kappa shape index (κ3) is 5.05. The van der Waals surface area contributed by atoms with Gasteiger partial charge in [-0.05, 0) is 37.1 Å². The number of hydrogen-bond donors (Lipinski definition) is 0. The average molecular weight is 400 g/mol. The van der Waals surface area contributed by atoms with E-state index in [4.69, 9.17) is 14.2 Å². The van der Waals surface area contributed by atoms with Gasteiger partial charge in [-0.15, -0.1) is 0 Å². The van der Waals surface area contributed by atoms with Gasteiger partial charge in [-0.2, -0.15) is 0 Å². The number of methoxy groups -OCH3 is 2. The molecule has 2 aromatic rings. The Bertz CT molecular complexity index is 832. The Morgan fingerprint density at radius 1 is 1.03 bits per heavy atom. The van der Waals surface area contributed by atoms with Gasteiger partial charge in [-0.3, -0.25) is 10.1 Å². The Hall–Kier alpha value is -2.64. The molecule has 29 heavy (non-hydrogen) atoms. The molecule has 1 fully saturated rings. The minimum absolute atomic E-state index is 0.0724. The highest BCUT2D eigenvalue weighted by molar-refractivity contribution is 5.53. The van der Waals surface area contributed by atoms with Gasteiger partial charge in [0.15, 0.2) is 6.29 Å². The van der Waals surface area contributed by atoms with Crippen molar-refractivity contribution in [1.29, 1.82) is 0 Å². The van der Waals surface area contributed by atoms with Gasteiger partial charge < -0.3 is 19.1 Å². The molecule has 1 aliphatic carbocycles. The van der Waals surface area contributed by atoms with Crippen molar-refractivity contribution in [3.8, 4) is 11.5 Å². The van der Waals surface area contributed by atoms with Crippen LogP contribution in [0.5, 0.6) is 11.5 Å². The number of benzene rings is 2. The second kappa shape index (κ2) is 9.71. The van der Waals surface area contributed by atoms with Crippen molar-refractivity contribution in [2.75, 3.05) is 26.2 Å². The standard InChI is InChI=1S/C22H28N2O5/c1-23(16-8-5-4-6-9-16)17-10-7-11-18(14-17)29-19-12-13-21(24(25)26)20(15-19)22(27-2)28-3/h7,10-16,22H,4-6,8-9H2,1-3H3. The molecule has 0 bridgehead atoms. The molecular formula is C22H28N2O5. The second-order valence-corrected chi connectivity index (χ2v) is 7.28. The van der Waals surface area contributed by atoms with Crippen LogP contribution in [0.25, 0.3) is 0 Å². The van der Waals surface area contributed by atoms with E-state index in [1.807, 2.05) is 18.2 Å². The minimum Gasteiger partial charge on any atom is -0.457 e. The van der Waals surface area contributed by atoms with Crippen LogP contribution in [-0.4, -0.2) is 32.2 Å². The normalized spacial score (nSPS) is 14.8. The molecule has 3 rings (SSSR count). The molecule has 0 saturated heterocycles. The summed E-state index contributed by atoms with van der Waals surface area (Å²) in [6.45, 7) is 0. The lowest BCUT2D eigenvalue weighted by molar-refractivity contribution is -0.387. The molecule has 1 saturated carbocycles. The van der Waals surface area contributed by atoms with Crippen LogP contribution in [0.15, 0.2) is 42.5 Å². The quantitative estimate of drug-likeness (QED) is 0.333. The molecule has 0 spiro atoms. The lowest BCUT2D eigenvalue weighted by Gasteiger charge is -2.33. The lowest BCUT2D eigenvalue weighted by Crippen LogP contribution is -2.33.